The highest BCUT2D eigenvalue weighted by atomic mass is 32.2. The minimum atomic E-state index is -0.739. The minimum absolute atomic E-state index is 0.0615. The molecule has 0 bridgehead atoms. The van der Waals surface area contributed by atoms with Crippen LogP contribution in [0.5, 0.6) is 0 Å². The topological polar surface area (TPSA) is 121 Å². The van der Waals surface area contributed by atoms with Crippen molar-refractivity contribution in [2.45, 2.75) is 30.7 Å². The van der Waals surface area contributed by atoms with Crippen molar-refractivity contribution in [3.63, 3.8) is 0 Å². The highest BCUT2D eigenvalue weighted by Gasteiger charge is 2.19. The number of nitrogens with zero attached hydrogens (tertiary/aromatic N) is 3. The lowest BCUT2D eigenvalue weighted by Crippen LogP contribution is -2.21. The molecule has 0 aliphatic carbocycles. The Hall–Kier alpha value is -3.98. The van der Waals surface area contributed by atoms with E-state index in [1.165, 1.54) is 34.5 Å². The van der Waals surface area contributed by atoms with E-state index in [0.717, 1.165) is 5.56 Å². The van der Waals surface area contributed by atoms with E-state index in [1.54, 1.807) is 24.3 Å². The first-order chi connectivity index (χ1) is 16.3. The summed E-state index contributed by atoms with van der Waals surface area (Å²) in [6.45, 7) is 4.19. The first-order valence-electron chi connectivity index (χ1n) is 10.6. The zero-order chi connectivity index (χ0) is 24.4. The molecule has 8 nitrogen and oxygen atoms in total. The number of nitrogens with two attached hydrogens (primary N) is 1. The number of carbonyl (C=O) groups excluding carboxylic acids is 1. The molecular formula is C25H22N4O4S. The summed E-state index contributed by atoms with van der Waals surface area (Å²) in [4.78, 5) is 40.6. The molecule has 0 saturated carbocycles. The van der Waals surface area contributed by atoms with Crippen LogP contribution in [0.25, 0.3) is 16.6 Å². The van der Waals surface area contributed by atoms with Gasteiger partial charge in [-0.15, -0.1) is 0 Å². The van der Waals surface area contributed by atoms with Gasteiger partial charge >= 0.3 is 0 Å². The first-order valence-corrected chi connectivity index (χ1v) is 11.6. The van der Waals surface area contributed by atoms with E-state index < -0.39 is 10.8 Å². The van der Waals surface area contributed by atoms with Gasteiger partial charge in [-0.1, -0.05) is 55.9 Å². The molecule has 9 heteroatoms. The fourth-order valence-corrected chi connectivity index (χ4v) is 4.61. The van der Waals surface area contributed by atoms with Gasteiger partial charge in [0.1, 0.15) is 0 Å². The Morgan fingerprint density at radius 1 is 1.12 bits per heavy atom. The largest absolute Gasteiger partial charge is 0.366 e. The summed E-state index contributed by atoms with van der Waals surface area (Å²) in [5.74, 6) is -0.222. The van der Waals surface area contributed by atoms with E-state index in [1.807, 2.05) is 24.3 Å². The van der Waals surface area contributed by atoms with Gasteiger partial charge in [0.2, 0.25) is 5.91 Å². The molecule has 1 amide bonds. The summed E-state index contributed by atoms with van der Waals surface area (Å²) >= 11 is 1.21. The van der Waals surface area contributed by atoms with Crippen molar-refractivity contribution >= 4 is 34.3 Å². The number of rotatable bonds is 7. The average molecular weight is 475 g/mol. The molecule has 4 aromatic rings. The second-order valence-corrected chi connectivity index (χ2v) is 8.99. The third-order valence-electron chi connectivity index (χ3n) is 5.49. The summed E-state index contributed by atoms with van der Waals surface area (Å²) in [5, 5.41) is 12.5. The molecule has 34 heavy (non-hydrogen) atoms. The molecule has 3 aromatic carbocycles. The van der Waals surface area contributed by atoms with Crippen molar-refractivity contribution in [1.82, 2.24) is 9.55 Å². The third-order valence-corrected chi connectivity index (χ3v) is 6.47. The van der Waals surface area contributed by atoms with Crippen molar-refractivity contribution in [2.24, 2.45) is 5.73 Å². The highest BCUT2D eigenvalue weighted by molar-refractivity contribution is 7.98. The van der Waals surface area contributed by atoms with E-state index in [0.29, 0.717) is 33.2 Å². The summed E-state index contributed by atoms with van der Waals surface area (Å²) < 4.78 is 1.53. The van der Waals surface area contributed by atoms with Gasteiger partial charge in [0, 0.05) is 22.9 Å². The van der Waals surface area contributed by atoms with Gasteiger partial charge in [0.25, 0.3) is 11.2 Å². The molecule has 1 aromatic heterocycles. The van der Waals surface area contributed by atoms with Gasteiger partial charge in [-0.25, -0.2) is 4.98 Å². The van der Waals surface area contributed by atoms with Crippen LogP contribution >= 0.6 is 11.8 Å². The van der Waals surface area contributed by atoms with E-state index in [2.05, 4.69) is 18.8 Å². The summed E-state index contributed by atoms with van der Waals surface area (Å²) in [6, 6.07) is 18.9. The number of fused-ring (bicyclic) bond motifs is 1. The van der Waals surface area contributed by atoms with E-state index in [9.17, 15) is 19.7 Å². The van der Waals surface area contributed by atoms with Gasteiger partial charge in [-0.05, 0) is 41.8 Å². The number of hydrogen-bond acceptors (Lipinski definition) is 6. The molecule has 0 saturated heterocycles. The molecule has 0 radical (unpaired) electrons. The minimum Gasteiger partial charge on any atom is -0.366 e. The Labute approximate surface area is 199 Å². The average Bonchev–Trinajstić information content (AvgIpc) is 2.82. The van der Waals surface area contributed by atoms with Crippen LogP contribution in [-0.2, 0) is 5.75 Å². The number of carbonyl (C=O) groups is 1. The maximum absolute atomic E-state index is 13.4. The number of nitro groups is 1. The predicted octanol–water partition coefficient (Wildman–Crippen LogP) is 4.81. The number of amides is 1. The van der Waals surface area contributed by atoms with Crippen molar-refractivity contribution in [3.8, 4) is 5.69 Å². The van der Waals surface area contributed by atoms with Gasteiger partial charge in [0.15, 0.2) is 5.16 Å². The normalized spacial score (nSPS) is 11.1. The molecule has 172 valence electrons. The lowest BCUT2D eigenvalue weighted by molar-refractivity contribution is -0.385. The highest BCUT2D eigenvalue weighted by Crippen LogP contribution is 2.30. The molecule has 0 aliphatic heterocycles. The molecule has 1 heterocycles. The van der Waals surface area contributed by atoms with Gasteiger partial charge in [-0.3, -0.25) is 24.3 Å². The Kier molecular flexibility index (Phi) is 6.47. The lowest BCUT2D eigenvalue weighted by atomic mass is 10.0. The molecule has 0 aliphatic rings. The van der Waals surface area contributed by atoms with Crippen molar-refractivity contribution < 1.29 is 9.72 Å². The van der Waals surface area contributed by atoms with Crippen LogP contribution < -0.4 is 11.3 Å². The van der Waals surface area contributed by atoms with Gasteiger partial charge in [-0.2, -0.15) is 0 Å². The first kappa shape index (κ1) is 23.2. The molecular weight excluding hydrogens is 452 g/mol. The predicted molar refractivity (Wildman–Crippen MR) is 133 cm³/mol. The Morgan fingerprint density at radius 3 is 2.47 bits per heavy atom. The fraction of sp³-hybridized carbons (Fsp3) is 0.160. The number of benzene rings is 3. The Bertz CT molecular complexity index is 1460. The van der Waals surface area contributed by atoms with Gasteiger partial charge < -0.3 is 5.73 Å². The van der Waals surface area contributed by atoms with E-state index in [4.69, 9.17) is 5.73 Å². The molecule has 2 N–H and O–H groups in total. The van der Waals surface area contributed by atoms with Crippen molar-refractivity contribution in [1.29, 1.82) is 0 Å². The van der Waals surface area contributed by atoms with Crippen LogP contribution in [0.15, 0.2) is 76.7 Å². The van der Waals surface area contributed by atoms with Gasteiger partial charge in [0.05, 0.1) is 21.5 Å². The number of aromatic nitrogens is 2. The smallest absolute Gasteiger partial charge is 0.274 e. The van der Waals surface area contributed by atoms with Crippen LogP contribution in [0.1, 0.15) is 41.3 Å². The van der Waals surface area contributed by atoms with Crippen molar-refractivity contribution in [2.75, 3.05) is 0 Å². The second-order valence-electron chi connectivity index (χ2n) is 8.05. The van der Waals surface area contributed by atoms with Crippen LogP contribution in [0.2, 0.25) is 0 Å². The maximum Gasteiger partial charge on any atom is 0.274 e. The van der Waals surface area contributed by atoms with Crippen LogP contribution in [-0.4, -0.2) is 20.4 Å². The Morgan fingerprint density at radius 2 is 1.82 bits per heavy atom. The zero-order valence-electron chi connectivity index (χ0n) is 18.6. The molecule has 0 unspecified atom stereocenters. The summed E-state index contributed by atoms with van der Waals surface area (Å²) in [7, 11) is 0. The van der Waals surface area contributed by atoms with E-state index >= 15 is 0 Å². The maximum atomic E-state index is 13.4. The number of nitro benzene ring substituents is 1. The summed E-state index contributed by atoms with van der Waals surface area (Å²) in [6.07, 6.45) is 0. The van der Waals surface area contributed by atoms with Crippen molar-refractivity contribution in [3.05, 3.63) is 104 Å². The van der Waals surface area contributed by atoms with Crippen LogP contribution in [0.3, 0.4) is 0 Å². The molecule has 0 fully saturated rings. The van der Waals surface area contributed by atoms with Crippen LogP contribution in [0.4, 0.5) is 5.69 Å². The zero-order valence-corrected chi connectivity index (χ0v) is 19.4. The lowest BCUT2D eigenvalue weighted by Gasteiger charge is -2.14. The molecule has 4 rings (SSSR count). The standard InChI is InChI=1S/C25H22N4O4S/c1-15(2)16-9-11-19(12-10-16)28-24(31)20-5-3-4-6-21(20)27-25(28)34-14-18-8-7-17(23(26)30)13-22(18)29(32)33/h3-13,15H,14H2,1-2H3,(H2,26,30). The fourth-order valence-electron chi connectivity index (χ4n) is 3.60. The van der Waals surface area contributed by atoms with Crippen LogP contribution in [0, 0.1) is 10.1 Å². The summed E-state index contributed by atoms with van der Waals surface area (Å²) in [5.41, 5.74) is 7.64. The number of primary amides is 1. The molecule has 0 atom stereocenters. The number of thioether (sulfide) groups is 1. The van der Waals surface area contributed by atoms with E-state index in [-0.39, 0.29) is 22.6 Å². The Balaban J connectivity index is 1.80. The number of hydrogen-bond donors (Lipinski definition) is 1. The monoisotopic (exact) mass is 474 g/mol. The quantitative estimate of drug-likeness (QED) is 0.178. The third kappa shape index (κ3) is 4.55. The number of para-hydroxylation sites is 1. The second kappa shape index (κ2) is 9.48. The SMILES string of the molecule is CC(C)c1ccc(-n2c(SCc3ccc(C(N)=O)cc3[N+](=O)[O-])nc3ccccc3c2=O)cc1. The molecule has 0 spiro atoms.